The van der Waals surface area contributed by atoms with Gasteiger partial charge in [0.25, 0.3) is 0 Å². The molecule has 0 radical (unpaired) electrons. The first-order valence-electron chi connectivity index (χ1n) is 8.09. The summed E-state index contributed by atoms with van der Waals surface area (Å²) >= 11 is 0. The number of fused-ring (bicyclic) bond motifs is 1. The average molecular weight is 306 g/mol. The summed E-state index contributed by atoms with van der Waals surface area (Å²) in [6.45, 7) is 9.26. The molecule has 5 nitrogen and oxygen atoms in total. The zero-order valence-electron chi connectivity index (χ0n) is 13.5. The Morgan fingerprint density at radius 2 is 1.91 bits per heavy atom. The number of ether oxygens (including phenoxy) is 1. The molecule has 2 N–H and O–H groups in total. The lowest BCUT2D eigenvalue weighted by Gasteiger charge is -2.43. The van der Waals surface area contributed by atoms with Gasteiger partial charge in [-0.05, 0) is 25.5 Å². The predicted octanol–water partition coefficient (Wildman–Crippen LogP) is 0.708. The Labute approximate surface area is 132 Å². The third-order valence-electron chi connectivity index (χ3n) is 4.82. The Hall–Kier alpha value is -1.14. The van der Waals surface area contributed by atoms with Gasteiger partial charge in [-0.3, -0.25) is 9.80 Å². The Kier molecular flexibility index (Phi) is 4.68. The van der Waals surface area contributed by atoms with E-state index in [1.54, 1.807) is 0 Å². The summed E-state index contributed by atoms with van der Waals surface area (Å²) in [5.41, 5.74) is 3.18. The van der Waals surface area contributed by atoms with Crippen molar-refractivity contribution in [1.82, 2.24) is 9.80 Å². The van der Waals surface area contributed by atoms with Crippen LogP contribution in [-0.2, 0) is 0 Å². The van der Waals surface area contributed by atoms with E-state index in [9.17, 15) is 5.11 Å². The van der Waals surface area contributed by atoms with Gasteiger partial charge in [0.2, 0.25) is 0 Å². The van der Waals surface area contributed by atoms with Gasteiger partial charge in [0, 0.05) is 38.3 Å². The van der Waals surface area contributed by atoms with Gasteiger partial charge in [-0.2, -0.15) is 0 Å². The molecule has 122 valence electrons. The molecule has 2 heterocycles. The van der Waals surface area contributed by atoms with Crippen molar-refractivity contribution in [2.75, 3.05) is 45.9 Å². The van der Waals surface area contributed by atoms with Gasteiger partial charge in [0.15, 0.2) is 0 Å². The van der Waals surface area contributed by atoms with Crippen molar-refractivity contribution >= 4 is 0 Å². The standard InChI is InChI=1S/C17H26N2O3/c1-12-9-13(2)17-14(10-12)16(21)15(11-22-17)19-5-3-18(4-6-19)7-8-20/h9-10,15-16,20-21H,3-8,11H2,1-2H3. The normalized spacial score (nSPS) is 26.5. The molecule has 0 amide bonds. The largest absolute Gasteiger partial charge is 0.491 e. The zero-order chi connectivity index (χ0) is 15.7. The van der Waals surface area contributed by atoms with Crippen molar-refractivity contribution in [3.8, 4) is 5.75 Å². The van der Waals surface area contributed by atoms with E-state index in [1.165, 1.54) is 0 Å². The van der Waals surface area contributed by atoms with E-state index in [0.29, 0.717) is 6.61 Å². The van der Waals surface area contributed by atoms with E-state index in [1.807, 2.05) is 13.0 Å². The Morgan fingerprint density at radius 3 is 2.59 bits per heavy atom. The van der Waals surface area contributed by atoms with Crippen LogP contribution in [0.15, 0.2) is 12.1 Å². The molecule has 0 spiro atoms. The molecule has 1 aromatic rings. The van der Waals surface area contributed by atoms with Crippen LogP contribution in [0, 0.1) is 13.8 Å². The van der Waals surface area contributed by atoms with Gasteiger partial charge in [0.05, 0.1) is 12.6 Å². The second-order valence-corrected chi connectivity index (χ2v) is 6.42. The van der Waals surface area contributed by atoms with Crippen LogP contribution in [0.5, 0.6) is 5.75 Å². The van der Waals surface area contributed by atoms with Gasteiger partial charge >= 0.3 is 0 Å². The Balaban J connectivity index is 1.72. The molecule has 0 bridgehead atoms. The lowest BCUT2D eigenvalue weighted by atomic mass is 9.93. The highest BCUT2D eigenvalue weighted by atomic mass is 16.5. The van der Waals surface area contributed by atoms with Crippen molar-refractivity contribution < 1.29 is 14.9 Å². The van der Waals surface area contributed by atoms with E-state index in [-0.39, 0.29) is 12.6 Å². The van der Waals surface area contributed by atoms with Crippen LogP contribution >= 0.6 is 0 Å². The van der Waals surface area contributed by atoms with Crippen LogP contribution in [0.1, 0.15) is 22.8 Å². The minimum absolute atomic E-state index is 0.0185. The SMILES string of the molecule is Cc1cc(C)c2c(c1)C(O)C(N1CCN(CCO)CC1)CO2. The van der Waals surface area contributed by atoms with Gasteiger partial charge < -0.3 is 14.9 Å². The van der Waals surface area contributed by atoms with Crippen LogP contribution in [0.2, 0.25) is 0 Å². The maximum Gasteiger partial charge on any atom is 0.128 e. The molecule has 3 rings (SSSR count). The monoisotopic (exact) mass is 306 g/mol. The highest BCUT2D eigenvalue weighted by Crippen LogP contribution is 2.37. The highest BCUT2D eigenvalue weighted by Gasteiger charge is 2.35. The van der Waals surface area contributed by atoms with E-state index >= 15 is 0 Å². The highest BCUT2D eigenvalue weighted by molar-refractivity contribution is 5.46. The van der Waals surface area contributed by atoms with E-state index in [4.69, 9.17) is 9.84 Å². The maximum atomic E-state index is 10.8. The topological polar surface area (TPSA) is 56.2 Å². The fraction of sp³-hybridized carbons (Fsp3) is 0.647. The minimum Gasteiger partial charge on any atom is -0.491 e. The Bertz CT molecular complexity index is 527. The number of β-amino-alcohol motifs (C(OH)–C–C–N with tert-alkyl or cyclic N) is 1. The maximum absolute atomic E-state index is 10.8. The van der Waals surface area contributed by atoms with E-state index in [0.717, 1.165) is 55.2 Å². The molecule has 0 aliphatic carbocycles. The number of aliphatic hydroxyl groups is 2. The molecule has 2 atom stereocenters. The van der Waals surface area contributed by atoms with Crippen LogP contribution in [0.4, 0.5) is 0 Å². The molecule has 5 heteroatoms. The van der Waals surface area contributed by atoms with Gasteiger partial charge in [-0.1, -0.05) is 11.6 Å². The summed E-state index contributed by atoms with van der Waals surface area (Å²) in [5, 5.41) is 19.8. The van der Waals surface area contributed by atoms with Crippen molar-refractivity contribution in [2.24, 2.45) is 0 Å². The molecule has 1 fully saturated rings. The van der Waals surface area contributed by atoms with E-state index < -0.39 is 6.10 Å². The molecule has 2 unspecified atom stereocenters. The third kappa shape index (κ3) is 2.99. The number of aliphatic hydroxyl groups excluding tert-OH is 2. The van der Waals surface area contributed by atoms with Crippen LogP contribution in [0.25, 0.3) is 0 Å². The number of aryl methyl sites for hydroxylation is 2. The first kappa shape index (κ1) is 15.7. The quantitative estimate of drug-likeness (QED) is 0.861. The summed E-state index contributed by atoms with van der Waals surface area (Å²) in [7, 11) is 0. The van der Waals surface area contributed by atoms with Gasteiger partial charge in [-0.15, -0.1) is 0 Å². The van der Waals surface area contributed by atoms with Crippen LogP contribution in [-0.4, -0.2) is 72.0 Å². The number of benzene rings is 1. The number of rotatable bonds is 3. The first-order chi connectivity index (χ1) is 10.6. The summed E-state index contributed by atoms with van der Waals surface area (Å²) in [6, 6.07) is 4.16. The summed E-state index contributed by atoms with van der Waals surface area (Å²) < 4.78 is 5.96. The second kappa shape index (κ2) is 6.54. The van der Waals surface area contributed by atoms with Crippen molar-refractivity contribution in [3.63, 3.8) is 0 Å². The smallest absolute Gasteiger partial charge is 0.128 e. The average Bonchev–Trinajstić information content (AvgIpc) is 2.50. The molecule has 22 heavy (non-hydrogen) atoms. The van der Waals surface area contributed by atoms with Crippen molar-refractivity contribution in [3.05, 3.63) is 28.8 Å². The lowest BCUT2D eigenvalue weighted by Crippen LogP contribution is -2.55. The number of nitrogens with zero attached hydrogens (tertiary/aromatic N) is 2. The third-order valence-corrected chi connectivity index (χ3v) is 4.82. The fourth-order valence-corrected chi connectivity index (χ4v) is 3.64. The molecule has 2 aliphatic rings. The molecule has 0 aromatic heterocycles. The summed E-state index contributed by atoms with van der Waals surface area (Å²) in [4.78, 5) is 4.58. The fourth-order valence-electron chi connectivity index (χ4n) is 3.64. The number of piperazine rings is 1. The molecular weight excluding hydrogens is 280 g/mol. The van der Waals surface area contributed by atoms with Crippen molar-refractivity contribution in [1.29, 1.82) is 0 Å². The molecule has 2 aliphatic heterocycles. The lowest BCUT2D eigenvalue weighted by molar-refractivity contribution is -0.0190. The molecular formula is C17H26N2O3. The second-order valence-electron chi connectivity index (χ2n) is 6.42. The first-order valence-corrected chi connectivity index (χ1v) is 8.09. The molecule has 0 saturated carbocycles. The number of hydrogen-bond donors (Lipinski definition) is 2. The minimum atomic E-state index is -0.494. The number of hydrogen-bond acceptors (Lipinski definition) is 5. The summed E-state index contributed by atoms with van der Waals surface area (Å²) in [5.74, 6) is 0.855. The molecule has 1 saturated heterocycles. The van der Waals surface area contributed by atoms with Gasteiger partial charge in [-0.25, -0.2) is 0 Å². The van der Waals surface area contributed by atoms with Crippen LogP contribution in [0.3, 0.4) is 0 Å². The Morgan fingerprint density at radius 1 is 1.18 bits per heavy atom. The molecule has 1 aromatic carbocycles. The summed E-state index contributed by atoms with van der Waals surface area (Å²) in [6.07, 6.45) is -0.494. The van der Waals surface area contributed by atoms with Crippen LogP contribution < -0.4 is 4.74 Å². The van der Waals surface area contributed by atoms with Crippen molar-refractivity contribution in [2.45, 2.75) is 26.0 Å². The van der Waals surface area contributed by atoms with Gasteiger partial charge in [0.1, 0.15) is 18.5 Å². The zero-order valence-corrected chi connectivity index (χ0v) is 13.5. The van der Waals surface area contributed by atoms with E-state index in [2.05, 4.69) is 22.8 Å². The predicted molar refractivity (Wildman–Crippen MR) is 85.3 cm³/mol.